The summed E-state index contributed by atoms with van der Waals surface area (Å²) in [5, 5.41) is 3.34. The molecule has 88 valence electrons. The maximum atomic E-state index is 11.7. The van der Waals surface area contributed by atoms with Crippen molar-refractivity contribution >= 4 is 17.7 Å². The Labute approximate surface area is 95.7 Å². The SMILES string of the molecule is COC(=O)C1(NCCN(C)C)CCSC1. The number of hydrogen-bond donors (Lipinski definition) is 1. The quantitative estimate of drug-likeness (QED) is 0.685. The maximum Gasteiger partial charge on any atom is 0.326 e. The largest absolute Gasteiger partial charge is 0.468 e. The molecule has 1 aliphatic rings. The second-order valence-corrected chi connectivity index (χ2v) is 5.21. The first-order chi connectivity index (χ1) is 7.10. The van der Waals surface area contributed by atoms with Gasteiger partial charge in [-0.05, 0) is 26.3 Å². The monoisotopic (exact) mass is 232 g/mol. The molecule has 0 aromatic carbocycles. The zero-order valence-corrected chi connectivity index (χ0v) is 10.5. The minimum absolute atomic E-state index is 0.119. The molecule has 1 rings (SSSR count). The van der Waals surface area contributed by atoms with Gasteiger partial charge in [-0.1, -0.05) is 0 Å². The molecule has 0 radical (unpaired) electrons. The molecule has 0 aromatic rings. The van der Waals surface area contributed by atoms with Crippen LogP contribution in [0.15, 0.2) is 0 Å². The van der Waals surface area contributed by atoms with Gasteiger partial charge in [-0.15, -0.1) is 0 Å². The van der Waals surface area contributed by atoms with Crippen molar-refractivity contribution in [2.75, 3.05) is 45.8 Å². The van der Waals surface area contributed by atoms with E-state index in [0.717, 1.165) is 31.0 Å². The molecule has 4 nitrogen and oxygen atoms in total. The molecule has 0 aromatic heterocycles. The number of nitrogens with one attached hydrogen (secondary N) is 1. The van der Waals surface area contributed by atoms with Crippen LogP contribution in [0.2, 0.25) is 0 Å². The normalized spacial score (nSPS) is 25.9. The summed E-state index contributed by atoms with van der Waals surface area (Å²) in [4.78, 5) is 13.8. The van der Waals surface area contributed by atoms with Gasteiger partial charge in [0.2, 0.25) is 0 Å². The molecule has 1 atom stereocenters. The average molecular weight is 232 g/mol. The number of rotatable bonds is 5. The van der Waals surface area contributed by atoms with E-state index in [1.54, 1.807) is 11.8 Å². The predicted molar refractivity (Wildman–Crippen MR) is 63.2 cm³/mol. The molecule has 1 heterocycles. The zero-order valence-electron chi connectivity index (χ0n) is 9.71. The number of methoxy groups -OCH3 is 1. The summed E-state index contributed by atoms with van der Waals surface area (Å²) in [5.74, 6) is 1.74. The van der Waals surface area contributed by atoms with Crippen molar-refractivity contribution in [1.29, 1.82) is 0 Å². The first-order valence-electron chi connectivity index (χ1n) is 5.17. The first-order valence-corrected chi connectivity index (χ1v) is 6.32. The lowest BCUT2D eigenvalue weighted by molar-refractivity contribution is -0.147. The van der Waals surface area contributed by atoms with E-state index in [1.807, 2.05) is 14.1 Å². The minimum atomic E-state index is -0.435. The third-order valence-corrected chi connectivity index (χ3v) is 3.81. The van der Waals surface area contributed by atoms with Crippen LogP contribution in [0.5, 0.6) is 0 Å². The Hall–Kier alpha value is -0.260. The van der Waals surface area contributed by atoms with Crippen LogP contribution in [0.3, 0.4) is 0 Å². The Morgan fingerprint density at radius 1 is 1.60 bits per heavy atom. The van der Waals surface area contributed by atoms with Crippen molar-refractivity contribution in [3.05, 3.63) is 0 Å². The highest BCUT2D eigenvalue weighted by Crippen LogP contribution is 2.28. The van der Waals surface area contributed by atoms with E-state index in [-0.39, 0.29) is 5.97 Å². The van der Waals surface area contributed by atoms with Gasteiger partial charge in [0.1, 0.15) is 5.54 Å². The second-order valence-electron chi connectivity index (χ2n) is 4.11. The molecular weight excluding hydrogens is 212 g/mol. The summed E-state index contributed by atoms with van der Waals surface area (Å²) in [6, 6.07) is 0. The maximum absolute atomic E-state index is 11.7. The van der Waals surface area contributed by atoms with Crippen molar-refractivity contribution in [1.82, 2.24) is 10.2 Å². The third-order valence-electron chi connectivity index (χ3n) is 2.62. The van der Waals surface area contributed by atoms with Gasteiger partial charge < -0.3 is 9.64 Å². The number of esters is 1. The highest BCUT2D eigenvalue weighted by atomic mass is 32.2. The Morgan fingerprint density at radius 3 is 2.80 bits per heavy atom. The van der Waals surface area contributed by atoms with Crippen molar-refractivity contribution in [3.63, 3.8) is 0 Å². The Kier molecular flexibility index (Phi) is 4.89. The fourth-order valence-corrected chi connectivity index (χ4v) is 3.00. The van der Waals surface area contributed by atoms with E-state index in [0.29, 0.717) is 0 Å². The fourth-order valence-electron chi connectivity index (χ4n) is 1.65. The van der Waals surface area contributed by atoms with Crippen LogP contribution in [0, 0.1) is 0 Å². The smallest absolute Gasteiger partial charge is 0.326 e. The van der Waals surface area contributed by atoms with Gasteiger partial charge in [-0.25, -0.2) is 0 Å². The standard InChI is InChI=1S/C10H20N2O2S/c1-12(2)6-5-11-10(9(13)14-3)4-7-15-8-10/h11H,4-8H2,1-3H3. The molecule has 1 saturated heterocycles. The van der Waals surface area contributed by atoms with Crippen LogP contribution in [0.1, 0.15) is 6.42 Å². The van der Waals surface area contributed by atoms with Gasteiger partial charge in [0, 0.05) is 18.8 Å². The third kappa shape index (κ3) is 3.36. The van der Waals surface area contributed by atoms with E-state index in [4.69, 9.17) is 4.74 Å². The predicted octanol–water partition coefficient (Wildman–Crippen LogP) is 0.186. The highest BCUT2D eigenvalue weighted by Gasteiger charge is 2.42. The summed E-state index contributed by atoms with van der Waals surface area (Å²) in [5.41, 5.74) is -0.435. The minimum Gasteiger partial charge on any atom is -0.468 e. The highest BCUT2D eigenvalue weighted by molar-refractivity contribution is 7.99. The topological polar surface area (TPSA) is 41.6 Å². The van der Waals surface area contributed by atoms with Gasteiger partial charge >= 0.3 is 5.97 Å². The number of hydrogen-bond acceptors (Lipinski definition) is 5. The van der Waals surface area contributed by atoms with Crippen LogP contribution < -0.4 is 5.32 Å². The number of likely N-dealkylation sites (N-methyl/N-ethyl adjacent to an activating group) is 1. The molecule has 5 heteroatoms. The molecular formula is C10H20N2O2S. The van der Waals surface area contributed by atoms with Crippen molar-refractivity contribution in [2.45, 2.75) is 12.0 Å². The number of nitrogens with zero attached hydrogens (tertiary/aromatic N) is 1. The molecule has 15 heavy (non-hydrogen) atoms. The molecule has 0 amide bonds. The van der Waals surface area contributed by atoms with Crippen LogP contribution in [-0.4, -0.2) is 62.2 Å². The van der Waals surface area contributed by atoms with E-state index in [2.05, 4.69) is 10.2 Å². The molecule has 1 aliphatic heterocycles. The van der Waals surface area contributed by atoms with Gasteiger partial charge in [0.15, 0.2) is 0 Å². The van der Waals surface area contributed by atoms with Gasteiger partial charge in [-0.2, -0.15) is 11.8 Å². The molecule has 1 fully saturated rings. The number of carbonyl (C=O) groups is 1. The van der Waals surface area contributed by atoms with E-state index >= 15 is 0 Å². The Morgan fingerprint density at radius 2 is 2.33 bits per heavy atom. The van der Waals surface area contributed by atoms with E-state index in [9.17, 15) is 4.79 Å². The summed E-state index contributed by atoms with van der Waals surface area (Å²) >= 11 is 1.81. The molecule has 1 unspecified atom stereocenters. The van der Waals surface area contributed by atoms with Gasteiger partial charge in [0.05, 0.1) is 7.11 Å². The second kappa shape index (κ2) is 5.72. The van der Waals surface area contributed by atoms with Crippen LogP contribution in [0.25, 0.3) is 0 Å². The number of ether oxygens (including phenoxy) is 1. The van der Waals surface area contributed by atoms with Crippen LogP contribution >= 0.6 is 11.8 Å². The number of thioether (sulfide) groups is 1. The summed E-state index contributed by atoms with van der Waals surface area (Å²) in [7, 11) is 5.51. The molecule has 0 saturated carbocycles. The fraction of sp³-hybridized carbons (Fsp3) is 0.900. The van der Waals surface area contributed by atoms with Gasteiger partial charge in [0.25, 0.3) is 0 Å². The van der Waals surface area contributed by atoms with Crippen LogP contribution in [0.4, 0.5) is 0 Å². The summed E-state index contributed by atoms with van der Waals surface area (Å²) in [6.07, 6.45) is 0.873. The molecule has 0 aliphatic carbocycles. The van der Waals surface area contributed by atoms with Gasteiger partial charge in [-0.3, -0.25) is 10.1 Å². The lowest BCUT2D eigenvalue weighted by atomic mass is 9.99. The van der Waals surface area contributed by atoms with Crippen molar-refractivity contribution < 1.29 is 9.53 Å². The van der Waals surface area contributed by atoms with E-state index < -0.39 is 5.54 Å². The van der Waals surface area contributed by atoms with Crippen molar-refractivity contribution in [2.24, 2.45) is 0 Å². The zero-order chi connectivity index (χ0) is 11.3. The first kappa shape index (κ1) is 12.8. The summed E-state index contributed by atoms with van der Waals surface area (Å²) < 4.78 is 4.87. The van der Waals surface area contributed by atoms with Crippen molar-refractivity contribution in [3.8, 4) is 0 Å². The average Bonchev–Trinajstić information content (AvgIpc) is 2.66. The lowest BCUT2D eigenvalue weighted by Crippen LogP contribution is -2.54. The Bertz CT molecular complexity index is 215. The molecule has 1 N–H and O–H groups in total. The molecule has 0 bridgehead atoms. The number of carbonyl (C=O) groups excluding carboxylic acids is 1. The summed E-state index contributed by atoms with van der Waals surface area (Å²) in [6.45, 7) is 1.76. The van der Waals surface area contributed by atoms with E-state index in [1.165, 1.54) is 7.11 Å². The Balaban J connectivity index is 2.47. The van der Waals surface area contributed by atoms with Crippen LogP contribution in [-0.2, 0) is 9.53 Å². The lowest BCUT2D eigenvalue weighted by Gasteiger charge is -2.27. The molecule has 0 spiro atoms.